The van der Waals surface area contributed by atoms with E-state index in [2.05, 4.69) is 33.3 Å². The lowest BCUT2D eigenvalue weighted by molar-refractivity contribution is 0.584. The molecule has 3 rings (SSSR count). The quantitative estimate of drug-likeness (QED) is 0.895. The molecule has 0 aromatic carbocycles. The van der Waals surface area contributed by atoms with Gasteiger partial charge in [0.15, 0.2) is 0 Å². The summed E-state index contributed by atoms with van der Waals surface area (Å²) in [6, 6.07) is 4.21. The fraction of sp³-hybridized carbons (Fsp3) is 0.400. The Kier molecular flexibility index (Phi) is 3.15. The Balaban J connectivity index is 2.08. The van der Waals surface area contributed by atoms with Crippen molar-refractivity contribution in [2.75, 3.05) is 12.4 Å². The number of anilines is 1. The highest BCUT2D eigenvalue weighted by Crippen LogP contribution is 2.35. The fourth-order valence-corrected chi connectivity index (χ4v) is 2.80. The van der Waals surface area contributed by atoms with E-state index in [0.717, 1.165) is 24.1 Å². The summed E-state index contributed by atoms with van der Waals surface area (Å²) in [5.41, 5.74) is 4.81. The summed E-state index contributed by atoms with van der Waals surface area (Å²) in [7, 11) is 1.85. The van der Waals surface area contributed by atoms with Crippen LogP contribution in [0, 0.1) is 6.92 Å². The van der Waals surface area contributed by atoms with E-state index in [-0.39, 0.29) is 0 Å². The van der Waals surface area contributed by atoms with Gasteiger partial charge in [-0.25, -0.2) is 9.97 Å². The third-order valence-electron chi connectivity index (χ3n) is 3.76. The van der Waals surface area contributed by atoms with Gasteiger partial charge in [-0.05, 0) is 43.4 Å². The van der Waals surface area contributed by atoms with Gasteiger partial charge < -0.3 is 5.32 Å². The number of aryl methyl sites for hydroxylation is 2. The molecule has 0 bridgehead atoms. The monoisotopic (exact) mass is 254 g/mol. The van der Waals surface area contributed by atoms with Crippen LogP contribution in [0.2, 0.25) is 0 Å². The van der Waals surface area contributed by atoms with Gasteiger partial charge >= 0.3 is 0 Å². The number of aromatic nitrogens is 3. The molecule has 1 unspecified atom stereocenters. The summed E-state index contributed by atoms with van der Waals surface area (Å²) in [6.07, 6.45) is 7.22. The van der Waals surface area contributed by atoms with Crippen molar-refractivity contribution in [2.24, 2.45) is 0 Å². The molecule has 0 amide bonds. The van der Waals surface area contributed by atoms with Crippen LogP contribution in [-0.4, -0.2) is 22.0 Å². The minimum Gasteiger partial charge on any atom is -0.357 e. The minimum atomic E-state index is 0.306. The van der Waals surface area contributed by atoms with E-state index in [4.69, 9.17) is 0 Å². The molecule has 0 fully saturated rings. The zero-order chi connectivity index (χ0) is 13.2. The van der Waals surface area contributed by atoms with E-state index in [0.29, 0.717) is 11.9 Å². The molecule has 19 heavy (non-hydrogen) atoms. The Hall–Kier alpha value is -1.97. The Morgan fingerprint density at radius 3 is 3.00 bits per heavy atom. The molecule has 1 aliphatic carbocycles. The third-order valence-corrected chi connectivity index (χ3v) is 3.76. The summed E-state index contributed by atoms with van der Waals surface area (Å²) in [6.45, 7) is 2.08. The van der Waals surface area contributed by atoms with Crippen LogP contribution in [0.5, 0.6) is 0 Å². The van der Waals surface area contributed by atoms with Crippen LogP contribution in [0.15, 0.2) is 24.5 Å². The first kappa shape index (κ1) is 12.1. The van der Waals surface area contributed by atoms with E-state index in [1.807, 2.05) is 25.5 Å². The number of nitrogens with one attached hydrogen (secondary N) is 1. The van der Waals surface area contributed by atoms with Crippen molar-refractivity contribution in [3.8, 4) is 0 Å². The predicted octanol–water partition coefficient (Wildman–Crippen LogP) is 2.69. The van der Waals surface area contributed by atoms with Crippen molar-refractivity contribution in [1.82, 2.24) is 15.0 Å². The molecule has 2 aromatic rings. The van der Waals surface area contributed by atoms with Crippen LogP contribution in [0.3, 0.4) is 0 Å². The van der Waals surface area contributed by atoms with Gasteiger partial charge in [0.2, 0.25) is 5.95 Å². The van der Waals surface area contributed by atoms with Gasteiger partial charge in [0.1, 0.15) is 0 Å². The van der Waals surface area contributed by atoms with E-state index in [1.54, 1.807) is 0 Å². The number of hydrogen-bond acceptors (Lipinski definition) is 4. The van der Waals surface area contributed by atoms with Gasteiger partial charge in [-0.3, -0.25) is 4.98 Å². The lowest BCUT2D eigenvalue weighted by Crippen LogP contribution is -2.16. The van der Waals surface area contributed by atoms with Crippen molar-refractivity contribution in [1.29, 1.82) is 0 Å². The van der Waals surface area contributed by atoms with Crippen molar-refractivity contribution in [3.05, 3.63) is 47.0 Å². The molecule has 2 aromatic heterocycles. The largest absolute Gasteiger partial charge is 0.357 e. The standard InChI is InChI=1S/C15H18N4/c1-10-9-18-15(16-2)19-13(10)12-7-3-5-11-6-4-8-17-14(11)12/h4,6,8-9,12H,3,5,7H2,1-2H3,(H,16,18,19). The van der Waals surface area contributed by atoms with Crippen molar-refractivity contribution in [2.45, 2.75) is 32.1 Å². The normalized spacial score (nSPS) is 17.9. The predicted molar refractivity (Wildman–Crippen MR) is 75.3 cm³/mol. The summed E-state index contributed by atoms with van der Waals surface area (Å²) in [5.74, 6) is 0.990. The summed E-state index contributed by atoms with van der Waals surface area (Å²) in [4.78, 5) is 13.5. The second-order valence-corrected chi connectivity index (χ2v) is 5.00. The van der Waals surface area contributed by atoms with Gasteiger partial charge in [-0.2, -0.15) is 0 Å². The summed E-state index contributed by atoms with van der Waals surface area (Å²) < 4.78 is 0. The van der Waals surface area contributed by atoms with Crippen LogP contribution < -0.4 is 5.32 Å². The number of rotatable bonds is 2. The summed E-state index contributed by atoms with van der Waals surface area (Å²) in [5, 5.41) is 3.02. The van der Waals surface area contributed by atoms with E-state index >= 15 is 0 Å². The van der Waals surface area contributed by atoms with Gasteiger partial charge in [0, 0.05) is 25.4 Å². The molecular formula is C15H18N4. The SMILES string of the molecule is CNc1ncc(C)c(C2CCCc3cccnc32)n1. The lowest BCUT2D eigenvalue weighted by Gasteiger charge is -2.25. The maximum atomic E-state index is 4.65. The number of nitrogens with zero attached hydrogens (tertiary/aromatic N) is 3. The molecule has 1 N–H and O–H groups in total. The first-order valence-corrected chi connectivity index (χ1v) is 6.74. The average Bonchev–Trinajstić information content (AvgIpc) is 2.47. The zero-order valence-electron chi connectivity index (χ0n) is 11.3. The van der Waals surface area contributed by atoms with Gasteiger partial charge in [0.25, 0.3) is 0 Å². The third kappa shape index (κ3) is 2.18. The maximum Gasteiger partial charge on any atom is 0.222 e. The average molecular weight is 254 g/mol. The molecule has 98 valence electrons. The molecule has 4 nitrogen and oxygen atoms in total. The molecule has 1 atom stereocenters. The molecule has 4 heteroatoms. The molecule has 1 aliphatic rings. The minimum absolute atomic E-state index is 0.306. The molecule has 0 aliphatic heterocycles. The Morgan fingerprint density at radius 2 is 2.16 bits per heavy atom. The molecule has 0 radical (unpaired) electrons. The molecule has 0 spiro atoms. The Labute approximate surface area is 113 Å². The van der Waals surface area contributed by atoms with Crippen molar-refractivity contribution < 1.29 is 0 Å². The summed E-state index contributed by atoms with van der Waals surface area (Å²) >= 11 is 0. The number of pyridine rings is 1. The highest BCUT2D eigenvalue weighted by Gasteiger charge is 2.25. The van der Waals surface area contributed by atoms with Gasteiger partial charge in [0.05, 0.1) is 11.4 Å². The van der Waals surface area contributed by atoms with Crippen molar-refractivity contribution >= 4 is 5.95 Å². The smallest absolute Gasteiger partial charge is 0.222 e. The molecular weight excluding hydrogens is 236 g/mol. The Morgan fingerprint density at radius 1 is 1.26 bits per heavy atom. The second-order valence-electron chi connectivity index (χ2n) is 5.00. The highest BCUT2D eigenvalue weighted by atomic mass is 15.1. The first-order valence-electron chi connectivity index (χ1n) is 6.74. The number of fused-ring (bicyclic) bond motifs is 1. The van der Waals surface area contributed by atoms with Crippen LogP contribution in [0.1, 0.15) is 41.3 Å². The maximum absolute atomic E-state index is 4.65. The van der Waals surface area contributed by atoms with E-state index < -0.39 is 0 Å². The van der Waals surface area contributed by atoms with Crippen LogP contribution >= 0.6 is 0 Å². The van der Waals surface area contributed by atoms with Crippen LogP contribution in [0.4, 0.5) is 5.95 Å². The van der Waals surface area contributed by atoms with Crippen LogP contribution in [0.25, 0.3) is 0 Å². The van der Waals surface area contributed by atoms with E-state index in [1.165, 1.54) is 17.7 Å². The van der Waals surface area contributed by atoms with Gasteiger partial charge in [-0.1, -0.05) is 6.07 Å². The highest BCUT2D eigenvalue weighted by molar-refractivity contribution is 5.38. The first-order chi connectivity index (χ1) is 9.29. The zero-order valence-corrected chi connectivity index (χ0v) is 11.3. The van der Waals surface area contributed by atoms with Gasteiger partial charge in [-0.15, -0.1) is 0 Å². The Bertz CT molecular complexity index is 594. The van der Waals surface area contributed by atoms with Crippen LogP contribution in [-0.2, 0) is 6.42 Å². The lowest BCUT2D eigenvalue weighted by atomic mass is 9.83. The number of hydrogen-bond donors (Lipinski definition) is 1. The fourth-order valence-electron chi connectivity index (χ4n) is 2.80. The van der Waals surface area contributed by atoms with Crippen molar-refractivity contribution in [3.63, 3.8) is 0 Å². The second kappa shape index (κ2) is 4.96. The molecule has 0 saturated heterocycles. The molecule has 0 saturated carbocycles. The molecule has 2 heterocycles. The topological polar surface area (TPSA) is 50.7 Å². The van der Waals surface area contributed by atoms with E-state index in [9.17, 15) is 0 Å².